The minimum Gasteiger partial charge on any atom is -0.355 e. The number of alkyl halides is 1. The van der Waals surface area contributed by atoms with Crippen LogP contribution < -0.4 is 11.1 Å². The number of pyridine rings is 1. The molecule has 0 saturated carbocycles. The highest BCUT2D eigenvalue weighted by atomic mass is 79.9. The van der Waals surface area contributed by atoms with Crippen LogP contribution in [0.2, 0.25) is 0 Å². The van der Waals surface area contributed by atoms with Crippen LogP contribution in [0.3, 0.4) is 0 Å². The maximum Gasteiger partial charge on any atom is 0.274 e. The SMILES string of the molecule is N[C@@H]1OCC=NC1(CF)c1cccc(NC(=O)c2ccc(Br)cn2)c1. The molecule has 0 saturated heterocycles. The largest absolute Gasteiger partial charge is 0.355 e. The van der Waals surface area contributed by atoms with E-state index in [4.69, 9.17) is 10.5 Å². The Balaban J connectivity index is 1.86. The maximum absolute atomic E-state index is 13.8. The minimum atomic E-state index is -1.31. The van der Waals surface area contributed by atoms with E-state index >= 15 is 0 Å². The van der Waals surface area contributed by atoms with Gasteiger partial charge in [0.05, 0.1) is 6.61 Å². The van der Waals surface area contributed by atoms with Crippen molar-refractivity contribution >= 4 is 33.7 Å². The first-order chi connectivity index (χ1) is 12.0. The Hall–Kier alpha value is -2.16. The van der Waals surface area contributed by atoms with Crippen LogP contribution >= 0.6 is 15.9 Å². The van der Waals surface area contributed by atoms with Crippen molar-refractivity contribution in [3.8, 4) is 0 Å². The number of carbonyl (C=O) groups is 1. The van der Waals surface area contributed by atoms with Crippen LogP contribution in [0.15, 0.2) is 52.1 Å². The monoisotopic (exact) mass is 406 g/mol. The summed E-state index contributed by atoms with van der Waals surface area (Å²) in [5.41, 5.74) is 5.91. The van der Waals surface area contributed by atoms with Gasteiger partial charge in [0.1, 0.15) is 18.6 Å². The molecular formula is C17H16BrFN4O2. The third-order valence-corrected chi connectivity index (χ3v) is 4.40. The van der Waals surface area contributed by atoms with E-state index < -0.39 is 18.4 Å². The first-order valence-electron chi connectivity index (χ1n) is 7.55. The van der Waals surface area contributed by atoms with Gasteiger partial charge in [-0.15, -0.1) is 0 Å². The summed E-state index contributed by atoms with van der Waals surface area (Å²) < 4.78 is 19.9. The molecule has 0 radical (unpaired) electrons. The second-order valence-corrected chi connectivity index (χ2v) is 6.44. The summed E-state index contributed by atoms with van der Waals surface area (Å²) in [6.07, 6.45) is 2.14. The van der Waals surface area contributed by atoms with Crippen LogP contribution in [0.25, 0.3) is 0 Å². The van der Waals surface area contributed by atoms with E-state index in [1.165, 1.54) is 12.4 Å². The van der Waals surface area contributed by atoms with Gasteiger partial charge in [-0.1, -0.05) is 12.1 Å². The van der Waals surface area contributed by atoms with E-state index in [2.05, 4.69) is 31.2 Å². The smallest absolute Gasteiger partial charge is 0.274 e. The van der Waals surface area contributed by atoms with Gasteiger partial charge in [0.15, 0.2) is 5.54 Å². The van der Waals surface area contributed by atoms with Crippen LogP contribution in [-0.4, -0.2) is 36.6 Å². The van der Waals surface area contributed by atoms with Gasteiger partial charge in [-0.05, 0) is 45.8 Å². The van der Waals surface area contributed by atoms with Crippen molar-refractivity contribution in [2.75, 3.05) is 18.6 Å². The molecular weight excluding hydrogens is 391 g/mol. The molecule has 2 atom stereocenters. The van der Waals surface area contributed by atoms with E-state index in [1.54, 1.807) is 36.4 Å². The van der Waals surface area contributed by atoms with E-state index in [-0.39, 0.29) is 18.2 Å². The fourth-order valence-corrected chi connectivity index (χ4v) is 2.79. The summed E-state index contributed by atoms with van der Waals surface area (Å²) in [7, 11) is 0. The van der Waals surface area contributed by atoms with Crippen LogP contribution in [0.1, 0.15) is 16.1 Å². The number of anilines is 1. The summed E-state index contributed by atoms with van der Waals surface area (Å²) in [6.45, 7) is -0.565. The van der Waals surface area contributed by atoms with E-state index in [0.29, 0.717) is 11.3 Å². The lowest BCUT2D eigenvalue weighted by atomic mass is 9.89. The number of nitrogens with two attached hydrogens (primary N) is 1. The van der Waals surface area contributed by atoms with E-state index in [0.717, 1.165) is 4.47 Å². The van der Waals surface area contributed by atoms with Gasteiger partial charge in [-0.3, -0.25) is 9.79 Å². The van der Waals surface area contributed by atoms with Gasteiger partial charge < -0.3 is 15.8 Å². The molecule has 0 spiro atoms. The van der Waals surface area contributed by atoms with Gasteiger partial charge in [-0.25, -0.2) is 9.37 Å². The summed E-state index contributed by atoms with van der Waals surface area (Å²) in [5, 5.41) is 2.74. The molecule has 0 fully saturated rings. The van der Waals surface area contributed by atoms with Gasteiger partial charge in [0.2, 0.25) is 0 Å². The van der Waals surface area contributed by atoms with E-state index in [1.807, 2.05) is 0 Å². The van der Waals surface area contributed by atoms with Crippen molar-refractivity contribution in [2.45, 2.75) is 11.8 Å². The molecule has 1 amide bonds. The molecule has 2 heterocycles. The molecule has 8 heteroatoms. The van der Waals surface area contributed by atoms with Crippen molar-refractivity contribution in [1.82, 2.24) is 4.98 Å². The molecule has 1 aliphatic rings. The zero-order chi connectivity index (χ0) is 17.9. The lowest BCUT2D eigenvalue weighted by Crippen LogP contribution is -2.50. The molecule has 0 aliphatic carbocycles. The number of aromatic nitrogens is 1. The Kier molecular flexibility index (Phi) is 5.22. The van der Waals surface area contributed by atoms with Gasteiger partial charge in [0.25, 0.3) is 5.91 Å². The average molecular weight is 407 g/mol. The van der Waals surface area contributed by atoms with Gasteiger partial charge in [-0.2, -0.15) is 0 Å². The molecule has 1 aliphatic heterocycles. The molecule has 1 unspecified atom stereocenters. The summed E-state index contributed by atoms with van der Waals surface area (Å²) in [5.74, 6) is -0.369. The Bertz CT molecular complexity index is 799. The van der Waals surface area contributed by atoms with Crippen molar-refractivity contribution in [3.05, 3.63) is 58.3 Å². The number of carbonyl (C=O) groups excluding carboxylic acids is 1. The molecule has 130 valence electrons. The zero-order valence-electron chi connectivity index (χ0n) is 13.2. The quantitative estimate of drug-likeness (QED) is 0.816. The van der Waals surface area contributed by atoms with Crippen molar-refractivity contribution < 1.29 is 13.9 Å². The molecule has 0 bridgehead atoms. The standard InChI is InChI=1S/C17H16BrFN4O2/c18-12-4-5-14(21-9-12)15(24)23-13-3-1-2-11(8-13)17(10-19)16(20)25-7-6-22-17/h1-6,8-9,16H,7,10,20H2,(H,23,24)/t16-,17?/m1/s1. The number of nitrogens with zero attached hydrogens (tertiary/aromatic N) is 2. The van der Waals surface area contributed by atoms with Crippen LogP contribution in [0.5, 0.6) is 0 Å². The van der Waals surface area contributed by atoms with Crippen LogP contribution in [-0.2, 0) is 10.3 Å². The highest BCUT2D eigenvalue weighted by Gasteiger charge is 2.41. The molecule has 3 N–H and O–H groups in total. The zero-order valence-corrected chi connectivity index (χ0v) is 14.7. The topological polar surface area (TPSA) is 89.6 Å². The number of amides is 1. The van der Waals surface area contributed by atoms with Crippen LogP contribution in [0.4, 0.5) is 10.1 Å². The number of ether oxygens (including phenoxy) is 1. The third kappa shape index (κ3) is 3.60. The second kappa shape index (κ2) is 7.38. The fraction of sp³-hybridized carbons (Fsp3) is 0.235. The molecule has 1 aromatic carbocycles. The lowest BCUT2D eigenvalue weighted by Gasteiger charge is -2.35. The Labute approximate surface area is 152 Å². The van der Waals surface area contributed by atoms with Gasteiger partial charge >= 0.3 is 0 Å². The Morgan fingerprint density at radius 1 is 1.44 bits per heavy atom. The first-order valence-corrected chi connectivity index (χ1v) is 8.35. The molecule has 2 aromatic rings. The highest BCUT2D eigenvalue weighted by Crippen LogP contribution is 2.33. The molecule has 1 aromatic heterocycles. The molecule has 25 heavy (non-hydrogen) atoms. The first kappa shape index (κ1) is 17.7. The predicted molar refractivity (Wildman–Crippen MR) is 96.4 cm³/mol. The minimum absolute atomic E-state index is 0.245. The number of hydrogen-bond acceptors (Lipinski definition) is 5. The summed E-state index contributed by atoms with van der Waals surface area (Å²) in [4.78, 5) is 20.6. The Morgan fingerprint density at radius 2 is 2.28 bits per heavy atom. The normalized spacial score (nSPS) is 22.6. The molecule has 6 nitrogen and oxygen atoms in total. The predicted octanol–water partition coefficient (Wildman–Crippen LogP) is 2.65. The van der Waals surface area contributed by atoms with Crippen LogP contribution in [0, 0.1) is 0 Å². The van der Waals surface area contributed by atoms with Crippen molar-refractivity contribution in [3.63, 3.8) is 0 Å². The number of hydrogen-bond donors (Lipinski definition) is 2. The lowest BCUT2D eigenvalue weighted by molar-refractivity contribution is 0.00258. The van der Waals surface area contributed by atoms with Crippen molar-refractivity contribution in [1.29, 1.82) is 0 Å². The number of aliphatic imine (C=N–C) groups is 1. The summed E-state index contributed by atoms with van der Waals surface area (Å²) >= 11 is 3.27. The summed E-state index contributed by atoms with van der Waals surface area (Å²) in [6, 6.07) is 10.1. The number of nitrogens with one attached hydrogen (secondary N) is 1. The second-order valence-electron chi connectivity index (χ2n) is 5.52. The fourth-order valence-electron chi connectivity index (χ4n) is 2.56. The number of halogens is 2. The maximum atomic E-state index is 13.8. The number of rotatable bonds is 4. The number of benzene rings is 1. The van der Waals surface area contributed by atoms with Crippen molar-refractivity contribution in [2.24, 2.45) is 10.7 Å². The molecule has 3 rings (SSSR count). The third-order valence-electron chi connectivity index (χ3n) is 3.93. The highest BCUT2D eigenvalue weighted by molar-refractivity contribution is 9.10. The van der Waals surface area contributed by atoms with E-state index in [9.17, 15) is 9.18 Å². The average Bonchev–Trinajstić information content (AvgIpc) is 2.63. The Morgan fingerprint density at radius 3 is 2.96 bits per heavy atom. The van der Waals surface area contributed by atoms with Gasteiger partial charge in [0, 0.05) is 22.6 Å².